The molecule has 2 heterocycles. The van der Waals surface area contributed by atoms with Crippen LogP contribution in [0.4, 0.5) is 23.1 Å². The quantitative estimate of drug-likeness (QED) is 0.601. The van der Waals surface area contributed by atoms with Crippen molar-refractivity contribution in [1.82, 2.24) is 14.3 Å². The van der Waals surface area contributed by atoms with Crippen molar-refractivity contribution >= 4 is 38.9 Å². The number of hydrogen-bond donors (Lipinski definition) is 2. The van der Waals surface area contributed by atoms with Gasteiger partial charge in [-0.05, 0) is 51.0 Å². The van der Waals surface area contributed by atoms with Crippen molar-refractivity contribution in [3.8, 4) is 0 Å². The van der Waals surface area contributed by atoms with E-state index in [0.717, 1.165) is 24.2 Å². The zero-order valence-electron chi connectivity index (χ0n) is 17.6. The van der Waals surface area contributed by atoms with Gasteiger partial charge < -0.3 is 15.5 Å². The lowest BCUT2D eigenvalue weighted by atomic mass is 10.2. The minimum Gasteiger partial charge on any atom is -0.367 e. The molecule has 0 radical (unpaired) electrons. The molecule has 31 heavy (non-hydrogen) atoms. The highest BCUT2D eigenvalue weighted by atomic mass is 32.2. The smallest absolute Gasteiger partial charge is 0.234 e. The molecule has 0 atom stereocenters. The van der Waals surface area contributed by atoms with E-state index >= 15 is 0 Å². The van der Waals surface area contributed by atoms with E-state index in [1.54, 1.807) is 25.5 Å². The van der Waals surface area contributed by atoms with Crippen molar-refractivity contribution in [3.63, 3.8) is 0 Å². The van der Waals surface area contributed by atoms with Gasteiger partial charge in [0.25, 0.3) is 0 Å². The van der Waals surface area contributed by atoms with E-state index in [2.05, 4.69) is 20.6 Å². The van der Waals surface area contributed by atoms with E-state index in [9.17, 15) is 13.2 Å². The van der Waals surface area contributed by atoms with E-state index in [0.29, 0.717) is 36.5 Å². The minimum absolute atomic E-state index is 0.0704. The average Bonchev–Trinajstić information content (AvgIpc) is 3.58. The molecule has 10 heteroatoms. The van der Waals surface area contributed by atoms with Crippen molar-refractivity contribution in [1.29, 1.82) is 0 Å². The molecular weight excluding hydrogens is 416 g/mol. The van der Waals surface area contributed by atoms with Crippen LogP contribution in [-0.2, 0) is 10.0 Å². The van der Waals surface area contributed by atoms with Crippen LogP contribution in [0.2, 0.25) is 0 Å². The molecule has 1 aromatic heterocycles. The van der Waals surface area contributed by atoms with Gasteiger partial charge >= 0.3 is 0 Å². The number of Topliss-reactive ketones (excluding diaryl/α,β-unsaturated/α-hetero) is 1. The van der Waals surface area contributed by atoms with Crippen molar-refractivity contribution in [2.24, 2.45) is 0 Å². The fourth-order valence-electron chi connectivity index (χ4n) is 3.22. The number of sulfonamides is 1. The maximum absolute atomic E-state index is 12.0. The van der Waals surface area contributed by atoms with Gasteiger partial charge in [-0.1, -0.05) is 0 Å². The monoisotopic (exact) mass is 442 g/mol. The third-order valence-corrected chi connectivity index (χ3v) is 6.99. The van der Waals surface area contributed by atoms with Gasteiger partial charge in [-0.2, -0.15) is 4.98 Å². The topological polar surface area (TPSA) is 108 Å². The van der Waals surface area contributed by atoms with Crippen molar-refractivity contribution in [2.75, 3.05) is 34.4 Å². The van der Waals surface area contributed by atoms with Gasteiger partial charge in [0.05, 0.1) is 17.9 Å². The van der Waals surface area contributed by atoms with E-state index in [1.807, 2.05) is 29.2 Å². The summed E-state index contributed by atoms with van der Waals surface area (Å²) in [5.41, 5.74) is 2.26. The molecule has 0 amide bonds. The maximum atomic E-state index is 12.0. The molecule has 164 valence electrons. The van der Waals surface area contributed by atoms with E-state index in [-0.39, 0.29) is 11.5 Å². The van der Waals surface area contributed by atoms with E-state index in [1.165, 1.54) is 11.2 Å². The molecule has 2 N–H and O–H groups in total. The normalized spacial score (nSPS) is 16.3. The highest BCUT2D eigenvalue weighted by molar-refractivity contribution is 7.89. The fourth-order valence-corrected chi connectivity index (χ4v) is 4.15. The summed E-state index contributed by atoms with van der Waals surface area (Å²) in [4.78, 5) is 22.6. The molecule has 1 aromatic carbocycles. The molecule has 1 saturated carbocycles. The SMILES string of the molecule is CCS(=O)(=O)N1C=CN(c2ccc(Nc3ncc(C(C)=O)c(NC4CC4)n3)cc2)CC1. The molecule has 1 aliphatic carbocycles. The molecule has 0 saturated heterocycles. The molecular formula is C21H26N6O3S. The molecule has 0 unspecified atom stereocenters. The predicted octanol–water partition coefficient (Wildman–Crippen LogP) is 2.94. The fraction of sp³-hybridized carbons (Fsp3) is 0.381. The summed E-state index contributed by atoms with van der Waals surface area (Å²) in [5, 5.41) is 6.46. The standard InChI is InChI=1S/C21H26N6O3S/c1-3-31(29,30)27-12-10-26(11-13-27)18-8-6-17(7-9-18)24-21-22-14-19(15(2)28)20(25-21)23-16-4-5-16/h6-10,12,14,16H,3-5,11,13H2,1-2H3,(H2,22,23,24,25). The lowest BCUT2D eigenvalue weighted by Gasteiger charge is -2.30. The van der Waals surface area contributed by atoms with E-state index in [4.69, 9.17) is 0 Å². The first kappa shape index (κ1) is 21.1. The first-order valence-electron chi connectivity index (χ1n) is 10.3. The van der Waals surface area contributed by atoms with Crippen molar-refractivity contribution in [2.45, 2.75) is 32.7 Å². The Morgan fingerprint density at radius 1 is 1.16 bits per heavy atom. The Labute approximate surface area is 182 Å². The third-order valence-electron chi connectivity index (χ3n) is 5.24. The second-order valence-corrected chi connectivity index (χ2v) is 9.82. The second kappa shape index (κ2) is 8.54. The predicted molar refractivity (Wildman–Crippen MR) is 121 cm³/mol. The van der Waals surface area contributed by atoms with Crippen molar-refractivity contribution < 1.29 is 13.2 Å². The van der Waals surface area contributed by atoms with Crippen LogP contribution in [0.5, 0.6) is 0 Å². The molecule has 2 aliphatic rings. The van der Waals surface area contributed by atoms with Crippen LogP contribution < -0.4 is 15.5 Å². The molecule has 1 fully saturated rings. The van der Waals surface area contributed by atoms with Gasteiger partial charge in [-0.15, -0.1) is 0 Å². The number of benzene rings is 1. The van der Waals surface area contributed by atoms with Gasteiger partial charge in [0.1, 0.15) is 5.82 Å². The van der Waals surface area contributed by atoms with Crippen LogP contribution in [-0.4, -0.2) is 53.4 Å². The van der Waals surface area contributed by atoms with Crippen LogP contribution in [0.1, 0.15) is 37.0 Å². The van der Waals surface area contributed by atoms with Crippen LogP contribution in [0.25, 0.3) is 0 Å². The Morgan fingerprint density at radius 2 is 1.90 bits per heavy atom. The number of aromatic nitrogens is 2. The highest BCUT2D eigenvalue weighted by Crippen LogP contribution is 2.27. The Hall–Kier alpha value is -3.14. The number of rotatable bonds is 8. The van der Waals surface area contributed by atoms with E-state index < -0.39 is 10.0 Å². The molecule has 0 spiro atoms. The summed E-state index contributed by atoms with van der Waals surface area (Å²) < 4.78 is 25.3. The molecule has 9 nitrogen and oxygen atoms in total. The Bertz CT molecular complexity index is 1100. The van der Waals surface area contributed by atoms with Gasteiger partial charge in [0.2, 0.25) is 16.0 Å². The first-order valence-corrected chi connectivity index (χ1v) is 11.9. The van der Waals surface area contributed by atoms with Crippen molar-refractivity contribution in [3.05, 3.63) is 48.4 Å². The maximum Gasteiger partial charge on any atom is 0.234 e. The molecule has 0 bridgehead atoms. The van der Waals surface area contributed by atoms with Gasteiger partial charge in [0.15, 0.2) is 5.78 Å². The largest absolute Gasteiger partial charge is 0.367 e. The second-order valence-electron chi connectivity index (χ2n) is 7.61. The van der Waals surface area contributed by atoms with Crippen LogP contribution in [0, 0.1) is 0 Å². The van der Waals surface area contributed by atoms with Gasteiger partial charge in [-0.25, -0.2) is 13.4 Å². The first-order chi connectivity index (χ1) is 14.9. The van der Waals surface area contributed by atoms with Crippen LogP contribution in [0.3, 0.4) is 0 Å². The summed E-state index contributed by atoms with van der Waals surface area (Å²) in [6, 6.07) is 8.10. The molecule has 1 aliphatic heterocycles. The minimum atomic E-state index is -3.21. The number of nitrogens with zero attached hydrogens (tertiary/aromatic N) is 4. The van der Waals surface area contributed by atoms with Gasteiger partial charge in [-0.3, -0.25) is 9.10 Å². The summed E-state index contributed by atoms with van der Waals surface area (Å²) in [6.45, 7) is 4.15. The summed E-state index contributed by atoms with van der Waals surface area (Å²) in [5.74, 6) is 0.998. The number of hydrogen-bond acceptors (Lipinski definition) is 8. The van der Waals surface area contributed by atoms with Gasteiger partial charge in [0, 0.05) is 42.6 Å². The third kappa shape index (κ3) is 4.96. The zero-order chi connectivity index (χ0) is 22.0. The lowest BCUT2D eigenvalue weighted by molar-refractivity contribution is 0.101. The number of nitrogens with one attached hydrogen (secondary N) is 2. The summed E-state index contributed by atoms with van der Waals surface area (Å²) in [7, 11) is -3.21. The lowest BCUT2D eigenvalue weighted by Crippen LogP contribution is -2.38. The highest BCUT2D eigenvalue weighted by Gasteiger charge is 2.24. The molecule has 4 rings (SSSR count). The molecule has 2 aromatic rings. The average molecular weight is 443 g/mol. The Morgan fingerprint density at radius 3 is 2.48 bits per heavy atom. The van der Waals surface area contributed by atoms with Crippen LogP contribution >= 0.6 is 0 Å². The number of carbonyl (C=O) groups excluding carboxylic acids is 1. The number of ketones is 1. The zero-order valence-corrected chi connectivity index (χ0v) is 18.4. The Balaban J connectivity index is 1.44. The number of carbonyl (C=O) groups is 1. The van der Waals surface area contributed by atoms with Crippen LogP contribution in [0.15, 0.2) is 42.9 Å². The Kier molecular flexibility index (Phi) is 5.81. The number of anilines is 4. The summed E-state index contributed by atoms with van der Waals surface area (Å²) in [6.07, 6.45) is 7.09. The summed E-state index contributed by atoms with van der Waals surface area (Å²) >= 11 is 0.